The number of nitrogens with one attached hydrogen (secondary N) is 1. The molecule has 0 bridgehead atoms. The smallest absolute Gasteiger partial charge is 0.312 e. The molecule has 0 heterocycles. The Balaban J connectivity index is 2.80. The number of para-hydroxylation sites is 1. The molecule has 0 saturated carbocycles. The van der Waals surface area contributed by atoms with Crippen LogP contribution in [-0.4, -0.2) is 24.2 Å². The minimum absolute atomic E-state index is 0.131. The first-order chi connectivity index (χ1) is 9.38. The van der Waals surface area contributed by atoms with Gasteiger partial charge < -0.3 is 15.2 Å². The molecule has 0 aliphatic heterocycles. The molecule has 0 amide bonds. The lowest BCUT2D eigenvalue weighted by molar-refractivity contribution is -0.148. The van der Waals surface area contributed by atoms with E-state index in [0.717, 1.165) is 23.0 Å². The van der Waals surface area contributed by atoms with Crippen molar-refractivity contribution in [3.05, 3.63) is 28.2 Å². The zero-order valence-electron chi connectivity index (χ0n) is 12.2. The van der Waals surface area contributed by atoms with Crippen molar-refractivity contribution in [1.82, 2.24) is 5.32 Å². The molecule has 0 aliphatic carbocycles. The molecule has 4 nitrogen and oxygen atoms in total. The predicted molar refractivity (Wildman–Crippen MR) is 83.1 cm³/mol. The SMILES string of the molecule is CCCNCc1cccc(Br)c1OCC(C)(C)C(=O)O. The fourth-order valence-corrected chi connectivity index (χ4v) is 2.09. The Kier molecular flexibility index (Phi) is 6.49. The molecule has 0 spiro atoms. The summed E-state index contributed by atoms with van der Waals surface area (Å²) in [5, 5.41) is 12.4. The molecular weight excluding hydrogens is 322 g/mol. The van der Waals surface area contributed by atoms with Gasteiger partial charge in [-0.3, -0.25) is 4.79 Å². The zero-order chi connectivity index (χ0) is 15.2. The third-order valence-electron chi connectivity index (χ3n) is 2.95. The second kappa shape index (κ2) is 7.64. The van der Waals surface area contributed by atoms with E-state index in [1.54, 1.807) is 13.8 Å². The van der Waals surface area contributed by atoms with Gasteiger partial charge in [0.1, 0.15) is 12.4 Å². The van der Waals surface area contributed by atoms with Crippen molar-refractivity contribution in [3.63, 3.8) is 0 Å². The molecule has 0 aliphatic rings. The maximum atomic E-state index is 11.1. The lowest BCUT2D eigenvalue weighted by Crippen LogP contribution is -2.31. The maximum absolute atomic E-state index is 11.1. The summed E-state index contributed by atoms with van der Waals surface area (Å²) < 4.78 is 6.60. The van der Waals surface area contributed by atoms with E-state index in [1.165, 1.54) is 0 Å². The second-order valence-electron chi connectivity index (χ2n) is 5.38. The lowest BCUT2D eigenvalue weighted by Gasteiger charge is -2.21. The van der Waals surface area contributed by atoms with Crippen molar-refractivity contribution in [2.45, 2.75) is 33.7 Å². The topological polar surface area (TPSA) is 58.6 Å². The minimum Gasteiger partial charge on any atom is -0.491 e. The van der Waals surface area contributed by atoms with E-state index in [0.29, 0.717) is 12.3 Å². The van der Waals surface area contributed by atoms with Crippen LogP contribution in [-0.2, 0) is 11.3 Å². The first-order valence-electron chi connectivity index (χ1n) is 6.72. The summed E-state index contributed by atoms with van der Waals surface area (Å²) in [5.41, 5.74) is 0.109. The number of hydrogen-bond acceptors (Lipinski definition) is 3. The van der Waals surface area contributed by atoms with Crippen LogP contribution in [0.2, 0.25) is 0 Å². The first-order valence-corrected chi connectivity index (χ1v) is 7.52. The third-order valence-corrected chi connectivity index (χ3v) is 3.57. The fraction of sp³-hybridized carbons (Fsp3) is 0.533. The van der Waals surface area contributed by atoms with Crippen molar-refractivity contribution in [1.29, 1.82) is 0 Å². The summed E-state index contributed by atoms with van der Waals surface area (Å²) in [4.78, 5) is 11.1. The zero-order valence-corrected chi connectivity index (χ0v) is 13.8. The predicted octanol–water partition coefficient (Wildman–Crippen LogP) is 3.44. The van der Waals surface area contributed by atoms with E-state index in [1.807, 2.05) is 18.2 Å². The van der Waals surface area contributed by atoms with Gasteiger partial charge in [-0.2, -0.15) is 0 Å². The molecule has 112 valence electrons. The molecule has 0 fully saturated rings. The molecule has 0 unspecified atom stereocenters. The van der Waals surface area contributed by atoms with Gasteiger partial charge in [0.05, 0.1) is 9.89 Å². The Bertz CT molecular complexity index is 460. The summed E-state index contributed by atoms with van der Waals surface area (Å²) in [6.07, 6.45) is 1.07. The van der Waals surface area contributed by atoms with Crippen LogP contribution in [0.1, 0.15) is 32.8 Å². The molecule has 2 N–H and O–H groups in total. The van der Waals surface area contributed by atoms with Gasteiger partial charge in [0.2, 0.25) is 0 Å². The Hall–Kier alpha value is -1.07. The molecule has 0 radical (unpaired) electrons. The van der Waals surface area contributed by atoms with Crippen molar-refractivity contribution in [2.75, 3.05) is 13.2 Å². The van der Waals surface area contributed by atoms with E-state index < -0.39 is 11.4 Å². The maximum Gasteiger partial charge on any atom is 0.312 e. The Morgan fingerprint density at radius 3 is 2.75 bits per heavy atom. The second-order valence-corrected chi connectivity index (χ2v) is 6.24. The number of carboxylic acid groups (broad SMARTS) is 1. The van der Waals surface area contributed by atoms with Crippen molar-refractivity contribution in [3.8, 4) is 5.75 Å². The quantitative estimate of drug-likeness (QED) is 0.710. The van der Waals surface area contributed by atoms with Crippen LogP contribution in [0.3, 0.4) is 0 Å². The standard InChI is InChI=1S/C15H22BrNO3/c1-4-8-17-9-11-6-5-7-12(16)13(11)20-10-15(2,3)14(18)19/h5-7,17H,4,8-10H2,1-3H3,(H,18,19). The number of carboxylic acids is 1. The molecule has 0 atom stereocenters. The highest BCUT2D eigenvalue weighted by atomic mass is 79.9. The van der Waals surface area contributed by atoms with E-state index in [4.69, 9.17) is 9.84 Å². The highest BCUT2D eigenvalue weighted by Crippen LogP contribution is 2.30. The molecule has 20 heavy (non-hydrogen) atoms. The van der Waals surface area contributed by atoms with Crippen LogP contribution in [0.25, 0.3) is 0 Å². The Morgan fingerprint density at radius 2 is 2.15 bits per heavy atom. The first kappa shape index (κ1) is 17.0. The van der Waals surface area contributed by atoms with Gasteiger partial charge in [0, 0.05) is 12.1 Å². The van der Waals surface area contributed by atoms with Crippen molar-refractivity contribution >= 4 is 21.9 Å². The Labute approximate surface area is 128 Å². The van der Waals surface area contributed by atoms with Crippen LogP contribution in [0.15, 0.2) is 22.7 Å². The number of halogens is 1. The van der Waals surface area contributed by atoms with Gasteiger partial charge in [0.25, 0.3) is 0 Å². The number of benzene rings is 1. The summed E-state index contributed by atoms with van der Waals surface area (Å²) in [6.45, 7) is 7.19. The molecule has 0 aromatic heterocycles. The van der Waals surface area contributed by atoms with Gasteiger partial charge in [-0.05, 0) is 48.8 Å². The highest BCUT2D eigenvalue weighted by molar-refractivity contribution is 9.10. The molecule has 0 saturated heterocycles. The molecule has 1 aromatic rings. The van der Waals surface area contributed by atoms with Crippen molar-refractivity contribution in [2.24, 2.45) is 5.41 Å². The van der Waals surface area contributed by atoms with Gasteiger partial charge in [0.15, 0.2) is 0 Å². The number of aliphatic carboxylic acids is 1. The number of carbonyl (C=O) groups is 1. The van der Waals surface area contributed by atoms with E-state index in [2.05, 4.69) is 28.2 Å². The largest absolute Gasteiger partial charge is 0.491 e. The van der Waals surface area contributed by atoms with Crippen molar-refractivity contribution < 1.29 is 14.6 Å². The normalized spacial score (nSPS) is 11.4. The summed E-state index contributed by atoms with van der Waals surface area (Å²) in [6, 6.07) is 5.82. The van der Waals surface area contributed by atoms with E-state index >= 15 is 0 Å². The van der Waals surface area contributed by atoms with E-state index in [9.17, 15) is 4.79 Å². The van der Waals surface area contributed by atoms with Gasteiger partial charge >= 0.3 is 5.97 Å². The lowest BCUT2D eigenvalue weighted by atomic mass is 9.95. The number of ether oxygens (including phenoxy) is 1. The minimum atomic E-state index is -0.913. The van der Waals surface area contributed by atoms with Gasteiger partial charge in [-0.1, -0.05) is 19.1 Å². The monoisotopic (exact) mass is 343 g/mol. The number of hydrogen-bond donors (Lipinski definition) is 2. The summed E-state index contributed by atoms with van der Waals surface area (Å²) in [5.74, 6) is -0.152. The average Bonchev–Trinajstić information content (AvgIpc) is 2.38. The Morgan fingerprint density at radius 1 is 1.45 bits per heavy atom. The molecule has 1 aromatic carbocycles. The van der Waals surface area contributed by atoms with Crippen LogP contribution >= 0.6 is 15.9 Å². The van der Waals surface area contributed by atoms with E-state index in [-0.39, 0.29) is 6.61 Å². The summed E-state index contributed by atoms with van der Waals surface area (Å²) >= 11 is 3.46. The summed E-state index contributed by atoms with van der Waals surface area (Å²) in [7, 11) is 0. The fourth-order valence-electron chi connectivity index (χ4n) is 1.57. The highest BCUT2D eigenvalue weighted by Gasteiger charge is 2.28. The average molecular weight is 344 g/mol. The van der Waals surface area contributed by atoms with Gasteiger partial charge in [-0.25, -0.2) is 0 Å². The van der Waals surface area contributed by atoms with Gasteiger partial charge in [-0.15, -0.1) is 0 Å². The molecule has 5 heteroatoms. The van der Waals surface area contributed by atoms with Crippen LogP contribution in [0.5, 0.6) is 5.75 Å². The molecule has 1 rings (SSSR count). The van der Waals surface area contributed by atoms with Crippen LogP contribution < -0.4 is 10.1 Å². The number of rotatable bonds is 8. The van der Waals surface area contributed by atoms with Crippen LogP contribution in [0, 0.1) is 5.41 Å². The third kappa shape index (κ3) is 4.80. The molecular formula is C15H22BrNO3. The van der Waals surface area contributed by atoms with Crippen LogP contribution in [0.4, 0.5) is 0 Å².